The van der Waals surface area contributed by atoms with Gasteiger partial charge in [-0.05, 0) is 74.1 Å². The fourth-order valence-corrected chi connectivity index (χ4v) is 3.84. The number of aliphatic carboxylic acids is 1. The van der Waals surface area contributed by atoms with Crippen molar-refractivity contribution >= 4 is 11.8 Å². The van der Waals surface area contributed by atoms with E-state index in [0.29, 0.717) is 40.5 Å². The molecule has 1 aromatic heterocycles. The average Bonchev–Trinajstić information content (AvgIpc) is 3.54. The topological polar surface area (TPSA) is 81.4 Å². The van der Waals surface area contributed by atoms with E-state index in [0.717, 1.165) is 37.2 Å². The Hall–Kier alpha value is -3.62. The maximum absolute atomic E-state index is 12.9. The minimum Gasteiger partial charge on any atom is -0.482 e. The van der Waals surface area contributed by atoms with Crippen LogP contribution < -0.4 is 4.74 Å². The second kappa shape index (κ2) is 9.93. The van der Waals surface area contributed by atoms with Crippen LogP contribution in [-0.2, 0) is 23.9 Å². The van der Waals surface area contributed by atoms with Gasteiger partial charge in [0.2, 0.25) is 0 Å². The van der Waals surface area contributed by atoms with Crippen molar-refractivity contribution in [2.75, 3.05) is 6.61 Å². The van der Waals surface area contributed by atoms with E-state index < -0.39 is 24.3 Å². The molecule has 0 aliphatic heterocycles. The van der Waals surface area contributed by atoms with E-state index in [4.69, 9.17) is 9.84 Å². The number of carboxylic acid groups (broad SMARTS) is 1. The lowest BCUT2D eigenvalue weighted by Gasteiger charge is -2.09. The summed E-state index contributed by atoms with van der Waals surface area (Å²) in [6.45, 7) is 2.01. The lowest BCUT2D eigenvalue weighted by atomic mass is 10.0. The van der Waals surface area contributed by atoms with Crippen LogP contribution in [0.2, 0.25) is 0 Å². The molecule has 4 rings (SSSR count). The molecule has 0 atom stereocenters. The summed E-state index contributed by atoms with van der Waals surface area (Å²) in [4.78, 5) is 23.5. The molecule has 2 aromatic carbocycles. The number of carbonyl (C=O) groups excluding carboxylic acids is 1. The van der Waals surface area contributed by atoms with Crippen molar-refractivity contribution in [2.24, 2.45) is 5.92 Å². The third-order valence-corrected chi connectivity index (χ3v) is 5.96. The molecule has 1 aliphatic rings. The van der Waals surface area contributed by atoms with Crippen LogP contribution in [0.1, 0.15) is 46.4 Å². The molecular weight excluding hydrogens is 461 g/mol. The molecule has 3 aromatic rings. The number of alkyl halides is 3. The zero-order valence-electron chi connectivity index (χ0n) is 19.1. The van der Waals surface area contributed by atoms with E-state index in [2.05, 4.69) is 5.10 Å². The number of rotatable bonds is 10. The number of aryl methyl sites for hydroxylation is 2. The van der Waals surface area contributed by atoms with Crippen LogP contribution in [0, 0.1) is 12.8 Å². The molecule has 1 N–H and O–H groups in total. The van der Waals surface area contributed by atoms with Gasteiger partial charge in [-0.3, -0.25) is 9.48 Å². The van der Waals surface area contributed by atoms with Crippen LogP contribution in [-0.4, -0.2) is 33.2 Å². The normalized spacial score (nSPS) is 13.6. The minimum atomic E-state index is -4.39. The van der Waals surface area contributed by atoms with E-state index in [1.54, 1.807) is 25.1 Å². The maximum Gasteiger partial charge on any atom is 0.416 e. The highest BCUT2D eigenvalue weighted by Crippen LogP contribution is 2.33. The zero-order chi connectivity index (χ0) is 25.2. The Kier molecular flexibility index (Phi) is 6.95. The molecule has 0 bridgehead atoms. The zero-order valence-corrected chi connectivity index (χ0v) is 19.1. The van der Waals surface area contributed by atoms with Gasteiger partial charge in [-0.15, -0.1) is 0 Å². The second-order valence-corrected chi connectivity index (χ2v) is 8.81. The lowest BCUT2D eigenvalue weighted by molar-refractivity contribution is -0.139. The monoisotopic (exact) mass is 486 g/mol. The minimum absolute atomic E-state index is 0.0758. The first kappa shape index (κ1) is 24.5. The molecular formula is C26H25F3N2O4. The first-order chi connectivity index (χ1) is 16.6. The van der Waals surface area contributed by atoms with Crippen molar-refractivity contribution in [3.8, 4) is 17.0 Å². The highest BCUT2D eigenvalue weighted by molar-refractivity contribution is 5.96. The van der Waals surface area contributed by atoms with E-state index >= 15 is 0 Å². The van der Waals surface area contributed by atoms with Gasteiger partial charge in [-0.2, -0.15) is 18.3 Å². The highest BCUT2D eigenvalue weighted by Gasteiger charge is 2.30. The number of Topliss-reactive ketones (excluding diaryl/α,β-unsaturated/α-hetero) is 1. The summed E-state index contributed by atoms with van der Waals surface area (Å²) >= 11 is 0. The van der Waals surface area contributed by atoms with Crippen molar-refractivity contribution in [2.45, 2.75) is 45.3 Å². The molecule has 35 heavy (non-hydrogen) atoms. The Morgan fingerprint density at radius 1 is 1.11 bits per heavy atom. The van der Waals surface area contributed by atoms with E-state index in [-0.39, 0.29) is 12.2 Å². The van der Waals surface area contributed by atoms with Crippen molar-refractivity contribution < 1.29 is 32.6 Å². The number of carboxylic acids is 1. The van der Waals surface area contributed by atoms with Crippen LogP contribution in [0.5, 0.6) is 5.75 Å². The molecule has 1 fully saturated rings. The maximum atomic E-state index is 12.9. The molecule has 0 unspecified atom stereocenters. The molecule has 1 aliphatic carbocycles. The van der Waals surface area contributed by atoms with E-state index in [9.17, 15) is 22.8 Å². The van der Waals surface area contributed by atoms with Gasteiger partial charge in [0.1, 0.15) is 5.75 Å². The average molecular weight is 486 g/mol. The van der Waals surface area contributed by atoms with Gasteiger partial charge in [0.25, 0.3) is 0 Å². The molecule has 0 amide bonds. The largest absolute Gasteiger partial charge is 0.482 e. The van der Waals surface area contributed by atoms with Gasteiger partial charge in [0.05, 0.1) is 11.3 Å². The van der Waals surface area contributed by atoms with Crippen molar-refractivity contribution in [3.05, 3.63) is 70.9 Å². The van der Waals surface area contributed by atoms with Crippen LogP contribution in [0.3, 0.4) is 0 Å². The molecule has 6 nitrogen and oxygen atoms in total. The predicted octanol–water partition coefficient (Wildman–Crippen LogP) is 5.57. The van der Waals surface area contributed by atoms with E-state index in [1.807, 2.05) is 10.7 Å². The number of ether oxygens (including phenoxy) is 1. The Balaban J connectivity index is 1.47. The number of carbonyl (C=O) groups is 2. The molecule has 1 saturated carbocycles. The summed E-state index contributed by atoms with van der Waals surface area (Å²) < 4.78 is 45.7. The molecule has 9 heteroatoms. The summed E-state index contributed by atoms with van der Waals surface area (Å²) in [5.41, 5.74) is 2.49. The summed E-state index contributed by atoms with van der Waals surface area (Å²) in [7, 11) is 0. The number of nitrogens with zero attached hydrogens (tertiary/aromatic N) is 2. The smallest absolute Gasteiger partial charge is 0.416 e. The summed E-state index contributed by atoms with van der Waals surface area (Å²) in [5.74, 6) is -0.213. The van der Waals surface area contributed by atoms with Crippen LogP contribution >= 0.6 is 0 Å². The quantitative estimate of drug-likeness (QED) is 0.379. The Bertz CT molecular complexity index is 1230. The van der Waals surface area contributed by atoms with Gasteiger partial charge in [0.15, 0.2) is 12.4 Å². The standard InChI is InChI=1S/C26H25F3N2O4/c1-16-12-19(6-11-24(16)35-15-25(33)34)23(32)10-9-21-13-22(30-31(21)14-17-2-3-17)18-4-7-20(8-5-18)26(27,28)29/h4-8,11-13,17H,2-3,9-10,14-15H2,1H3,(H,33,34). The van der Waals surface area contributed by atoms with Crippen molar-refractivity contribution in [1.82, 2.24) is 9.78 Å². The molecule has 0 spiro atoms. The summed E-state index contributed by atoms with van der Waals surface area (Å²) in [6.07, 6.45) is -1.49. The van der Waals surface area contributed by atoms with Crippen LogP contribution in [0.15, 0.2) is 48.5 Å². The second-order valence-electron chi connectivity index (χ2n) is 8.81. The Morgan fingerprint density at radius 3 is 2.43 bits per heavy atom. The van der Waals surface area contributed by atoms with Gasteiger partial charge in [0, 0.05) is 29.8 Å². The number of aromatic nitrogens is 2. The Labute approximate surface area is 200 Å². The first-order valence-electron chi connectivity index (χ1n) is 11.3. The predicted molar refractivity (Wildman–Crippen MR) is 122 cm³/mol. The molecule has 0 saturated heterocycles. The molecule has 0 radical (unpaired) electrons. The van der Waals surface area contributed by atoms with Gasteiger partial charge >= 0.3 is 12.1 Å². The van der Waals surface area contributed by atoms with Crippen LogP contribution in [0.25, 0.3) is 11.3 Å². The SMILES string of the molecule is Cc1cc(C(=O)CCc2cc(-c3ccc(C(F)(F)F)cc3)nn2CC2CC2)ccc1OCC(=O)O. The van der Waals surface area contributed by atoms with Crippen molar-refractivity contribution in [3.63, 3.8) is 0 Å². The fourth-order valence-electron chi connectivity index (χ4n) is 3.84. The summed E-state index contributed by atoms with van der Waals surface area (Å²) in [6, 6.07) is 11.6. The number of halogens is 3. The fraction of sp³-hybridized carbons (Fsp3) is 0.346. The van der Waals surface area contributed by atoms with Crippen molar-refractivity contribution in [1.29, 1.82) is 0 Å². The molecule has 184 valence electrons. The number of ketones is 1. The van der Waals surface area contributed by atoms with Crippen LogP contribution in [0.4, 0.5) is 13.2 Å². The summed E-state index contributed by atoms with van der Waals surface area (Å²) in [5, 5.41) is 13.4. The van der Waals surface area contributed by atoms with Gasteiger partial charge in [-0.1, -0.05) is 12.1 Å². The van der Waals surface area contributed by atoms with E-state index in [1.165, 1.54) is 12.1 Å². The number of hydrogen-bond acceptors (Lipinski definition) is 4. The number of benzene rings is 2. The number of hydrogen-bond donors (Lipinski definition) is 1. The first-order valence-corrected chi connectivity index (χ1v) is 11.3. The van der Waals surface area contributed by atoms with Gasteiger partial charge < -0.3 is 9.84 Å². The molecule has 1 heterocycles. The highest BCUT2D eigenvalue weighted by atomic mass is 19.4. The Morgan fingerprint density at radius 2 is 1.83 bits per heavy atom. The third kappa shape index (κ3) is 6.29. The third-order valence-electron chi connectivity index (χ3n) is 5.96. The lowest BCUT2D eigenvalue weighted by Crippen LogP contribution is -2.11. The van der Waals surface area contributed by atoms with Gasteiger partial charge in [-0.25, -0.2) is 4.79 Å².